The Hall–Kier alpha value is -3.22. The molecule has 0 bridgehead atoms. The van der Waals surface area contributed by atoms with Crippen molar-refractivity contribution in [1.29, 1.82) is 0 Å². The Morgan fingerprint density at radius 1 is 1.04 bits per heavy atom. The maximum absolute atomic E-state index is 12.8. The lowest BCUT2D eigenvalue weighted by molar-refractivity contribution is -0.137. The van der Waals surface area contributed by atoms with Gasteiger partial charge >= 0.3 is 6.18 Å². The van der Waals surface area contributed by atoms with Gasteiger partial charge in [-0.15, -0.1) is 0 Å². The molecule has 1 atom stereocenters. The second-order valence-corrected chi connectivity index (χ2v) is 6.63. The molecule has 0 saturated heterocycles. The molecule has 7 heteroatoms. The second-order valence-electron chi connectivity index (χ2n) is 6.63. The van der Waals surface area contributed by atoms with Crippen LogP contribution in [0.4, 0.5) is 13.2 Å². The quantitative estimate of drug-likeness (QED) is 0.635. The molecule has 0 saturated carbocycles. The number of halogens is 3. The highest BCUT2D eigenvalue weighted by Gasteiger charge is 2.31. The highest BCUT2D eigenvalue weighted by Crippen LogP contribution is 2.36. The highest BCUT2D eigenvalue weighted by atomic mass is 19.4. The Labute approximate surface area is 159 Å². The SMILES string of the molecule is O=CN1CCc2ccc(-c3ccc(C(F)(F)F)cc3)cc2C1c1cccnn1. The maximum atomic E-state index is 12.8. The number of alkyl halides is 3. The molecule has 0 radical (unpaired) electrons. The lowest BCUT2D eigenvalue weighted by atomic mass is 9.88. The Balaban J connectivity index is 1.77. The fourth-order valence-electron chi connectivity index (χ4n) is 3.57. The van der Waals surface area contributed by atoms with E-state index in [1.54, 1.807) is 17.2 Å². The van der Waals surface area contributed by atoms with Crippen molar-refractivity contribution in [1.82, 2.24) is 15.1 Å². The van der Waals surface area contributed by atoms with Gasteiger partial charge in [0.05, 0.1) is 11.3 Å². The zero-order valence-electron chi connectivity index (χ0n) is 14.7. The average Bonchev–Trinajstić information content (AvgIpc) is 2.72. The summed E-state index contributed by atoms with van der Waals surface area (Å²) >= 11 is 0. The van der Waals surface area contributed by atoms with Crippen LogP contribution in [-0.4, -0.2) is 28.1 Å². The van der Waals surface area contributed by atoms with Crippen LogP contribution in [-0.2, 0) is 17.4 Å². The largest absolute Gasteiger partial charge is 0.416 e. The lowest BCUT2D eigenvalue weighted by Gasteiger charge is -2.34. The molecule has 1 aromatic heterocycles. The maximum Gasteiger partial charge on any atom is 0.416 e. The average molecular weight is 383 g/mol. The molecule has 0 N–H and O–H groups in total. The van der Waals surface area contributed by atoms with Crippen molar-refractivity contribution in [3.63, 3.8) is 0 Å². The fraction of sp³-hybridized carbons (Fsp3) is 0.190. The molecular formula is C21H16F3N3O. The molecule has 4 nitrogen and oxygen atoms in total. The van der Waals surface area contributed by atoms with Gasteiger partial charge in [-0.3, -0.25) is 4.79 Å². The number of fused-ring (bicyclic) bond motifs is 1. The van der Waals surface area contributed by atoms with Crippen LogP contribution in [0.3, 0.4) is 0 Å². The standard InChI is InChI=1S/C21H16F3N3O/c22-21(23,24)17-7-5-14(6-8-17)16-4-3-15-9-11-27(13-28)20(18(15)12-16)19-2-1-10-25-26-19/h1-8,10,12-13,20H,9,11H2. The molecule has 1 amide bonds. The van der Waals surface area contributed by atoms with Crippen LogP contribution in [0, 0.1) is 0 Å². The monoisotopic (exact) mass is 383 g/mol. The Morgan fingerprint density at radius 3 is 2.43 bits per heavy atom. The zero-order valence-corrected chi connectivity index (χ0v) is 14.7. The first kappa shape index (κ1) is 18.2. The van der Waals surface area contributed by atoms with E-state index in [-0.39, 0.29) is 6.04 Å². The molecular weight excluding hydrogens is 367 g/mol. The van der Waals surface area contributed by atoms with Crippen molar-refractivity contribution in [2.24, 2.45) is 0 Å². The summed E-state index contributed by atoms with van der Waals surface area (Å²) in [4.78, 5) is 13.3. The van der Waals surface area contributed by atoms with Gasteiger partial charge in [-0.1, -0.05) is 24.3 Å². The van der Waals surface area contributed by atoms with Gasteiger partial charge in [0.2, 0.25) is 6.41 Å². The second kappa shape index (κ2) is 7.07. The van der Waals surface area contributed by atoms with E-state index in [9.17, 15) is 18.0 Å². The van der Waals surface area contributed by atoms with Gasteiger partial charge in [-0.25, -0.2) is 0 Å². The molecule has 2 heterocycles. The zero-order chi connectivity index (χ0) is 19.7. The van der Waals surface area contributed by atoms with Crippen molar-refractivity contribution in [2.45, 2.75) is 18.6 Å². The van der Waals surface area contributed by atoms with Crippen molar-refractivity contribution >= 4 is 6.41 Å². The smallest absolute Gasteiger partial charge is 0.332 e. The van der Waals surface area contributed by atoms with Crippen LogP contribution in [0.1, 0.15) is 28.4 Å². The molecule has 1 aliphatic rings. The number of hydrogen-bond donors (Lipinski definition) is 0. The fourth-order valence-corrected chi connectivity index (χ4v) is 3.57. The van der Waals surface area contributed by atoms with E-state index >= 15 is 0 Å². The molecule has 1 unspecified atom stereocenters. The van der Waals surface area contributed by atoms with Crippen LogP contribution in [0.2, 0.25) is 0 Å². The first-order valence-electron chi connectivity index (χ1n) is 8.76. The number of rotatable bonds is 3. The van der Waals surface area contributed by atoms with Crippen molar-refractivity contribution in [3.05, 3.63) is 83.2 Å². The Morgan fingerprint density at radius 2 is 1.79 bits per heavy atom. The molecule has 28 heavy (non-hydrogen) atoms. The van der Waals surface area contributed by atoms with Crippen LogP contribution in [0.25, 0.3) is 11.1 Å². The van der Waals surface area contributed by atoms with Gasteiger partial charge in [0.15, 0.2) is 0 Å². The normalized spacial score (nSPS) is 16.5. The van der Waals surface area contributed by atoms with E-state index in [1.165, 1.54) is 12.1 Å². The predicted octanol–water partition coefficient (Wildman–Crippen LogP) is 4.27. The summed E-state index contributed by atoms with van der Waals surface area (Å²) in [6.45, 7) is 0.567. The van der Waals surface area contributed by atoms with E-state index in [4.69, 9.17) is 0 Å². The molecule has 2 aromatic carbocycles. The van der Waals surface area contributed by atoms with E-state index < -0.39 is 11.7 Å². The molecule has 4 rings (SSSR count). The van der Waals surface area contributed by atoms with E-state index in [0.717, 1.165) is 35.2 Å². The molecule has 0 aliphatic carbocycles. The van der Waals surface area contributed by atoms with E-state index in [0.29, 0.717) is 24.2 Å². The number of carbonyl (C=O) groups excluding carboxylic acids is 1. The first-order chi connectivity index (χ1) is 13.5. The number of hydrogen-bond acceptors (Lipinski definition) is 3. The summed E-state index contributed by atoms with van der Waals surface area (Å²) in [5.41, 5.74) is 3.44. The molecule has 0 spiro atoms. The first-order valence-corrected chi connectivity index (χ1v) is 8.76. The Bertz CT molecular complexity index is 988. The third-order valence-electron chi connectivity index (χ3n) is 4.97. The summed E-state index contributed by atoms with van der Waals surface area (Å²) in [7, 11) is 0. The van der Waals surface area contributed by atoms with Crippen LogP contribution in [0.15, 0.2) is 60.8 Å². The number of nitrogens with zero attached hydrogens (tertiary/aromatic N) is 3. The van der Waals surface area contributed by atoms with Gasteiger partial charge in [-0.05, 0) is 59.0 Å². The minimum atomic E-state index is -4.37. The highest BCUT2D eigenvalue weighted by molar-refractivity contribution is 5.67. The summed E-state index contributed by atoms with van der Waals surface area (Å²) in [5.74, 6) is 0. The third kappa shape index (κ3) is 3.35. The van der Waals surface area contributed by atoms with Crippen LogP contribution in [0.5, 0.6) is 0 Å². The topological polar surface area (TPSA) is 46.1 Å². The molecule has 3 aromatic rings. The number of carbonyl (C=O) groups is 1. The van der Waals surface area contributed by atoms with Crippen molar-refractivity contribution < 1.29 is 18.0 Å². The van der Waals surface area contributed by atoms with Crippen molar-refractivity contribution in [3.8, 4) is 11.1 Å². The minimum Gasteiger partial charge on any atom is -0.332 e. The molecule has 0 fully saturated rings. The lowest BCUT2D eigenvalue weighted by Crippen LogP contribution is -2.35. The number of amides is 1. The number of aromatic nitrogens is 2. The summed E-state index contributed by atoms with van der Waals surface area (Å²) in [6.07, 6.45) is -1.29. The van der Waals surface area contributed by atoms with Crippen LogP contribution < -0.4 is 0 Å². The van der Waals surface area contributed by atoms with Gasteiger partial charge in [0.25, 0.3) is 0 Å². The summed E-state index contributed by atoms with van der Waals surface area (Å²) in [5, 5.41) is 8.08. The van der Waals surface area contributed by atoms with E-state index in [1.807, 2.05) is 24.3 Å². The van der Waals surface area contributed by atoms with Crippen molar-refractivity contribution in [2.75, 3.05) is 6.54 Å². The van der Waals surface area contributed by atoms with Gasteiger partial charge in [0.1, 0.15) is 6.04 Å². The predicted molar refractivity (Wildman–Crippen MR) is 97.2 cm³/mol. The van der Waals surface area contributed by atoms with Gasteiger partial charge in [0, 0.05) is 12.7 Å². The molecule has 1 aliphatic heterocycles. The molecule has 142 valence electrons. The third-order valence-corrected chi connectivity index (χ3v) is 4.97. The minimum absolute atomic E-state index is 0.371. The van der Waals surface area contributed by atoms with Gasteiger partial charge in [-0.2, -0.15) is 23.4 Å². The van der Waals surface area contributed by atoms with Gasteiger partial charge < -0.3 is 4.90 Å². The summed E-state index contributed by atoms with van der Waals surface area (Å²) < 4.78 is 38.4. The van der Waals surface area contributed by atoms with Crippen LogP contribution >= 0.6 is 0 Å². The summed E-state index contributed by atoms with van der Waals surface area (Å²) in [6, 6.07) is 14.1. The Kier molecular flexibility index (Phi) is 4.58. The van der Waals surface area contributed by atoms with E-state index in [2.05, 4.69) is 10.2 Å². The number of benzene rings is 2.